The van der Waals surface area contributed by atoms with Crippen molar-refractivity contribution in [2.24, 2.45) is 0 Å². The molecule has 356 valence electrons. The van der Waals surface area contributed by atoms with E-state index in [0.717, 1.165) is 28.3 Å². The molecule has 2 atom stereocenters. The van der Waals surface area contributed by atoms with Gasteiger partial charge in [0, 0.05) is 33.5 Å². The van der Waals surface area contributed by atoms with E-state index in [1.54, 1.807) is 0 Å². The molecule has 0 saturated heterocycles. The Morgan fingerprint density at radius 2 is 0.724 bits per heavy atom. The number of rotatable bonds is 9. The zero-order chi connectivity index (χ0) is 50.2. The summed E-state index contributed by atoms with van der Waals surface area (Å²) in [6.07, 6.45) is 0. The minimum Gasteiger partial charge on any atom is -0.310 e. The molecule has 2 unspecified atom stereocenters. The third-order valence-corrected chi connectivity index (χ3v) is 16.5. The summed E-state index contributed by atoms with van der Waals surface area (Å²) >= 11 is 0. The Morgan fingerprint density at radius 1 is 0.263 bits per heavy atom. The van der Waals surface area contributed by atoms with Crippen molar-refractivity contribution in [2.45, 2.75) is 10.8 Å². The molecule has 12 aromatic carbocycles. The average molecular weight is 967 g/mol. The molecule has 0 spiro atoms. The first-order chi connectivity index (χ1) is 37.7. The van der Waals surface area contributed by atoms with E-state index in [4.69, 9.17) is 0 Å². The second-order valence-electron chi connectivity index (χ2n) is 20.3. The van der Waals surface area contributed by atoms with Gasteiger partial charge in [0.05, 0.1) is 21.9 Å². The van der Waals surface area contributed by atoms with Crippen LogP contribution in [0.3, 0.4) is 0 Å². The summed E-state index contributed by atoms with van der Waals surface area (Å²) in [7, 11) is 0. The highest BCUT2D eigenvalue weighted by Crippen LogP contribution is 2.66. The van der Waals surface area contributed by atoms with E-state index in [1.807, 2.05) is 0 Å². The zero-order valence-electron chi connectivity index (χ0n) is 41.8. The highest BCUT2D eigenvalue weighted by molar-refractivity contribution is 6.10. The lowest BCUT2D eigenvalue weighted by molar-refractivity contribution is 0.627. The summed E-state index contributed by atoms with van der Waals surface area (Å²) in [5, 5.41) is 2.43. The van der Waals surface area contributed by atoms with Gasteiger partial charge in [-0.15, -0.1) is 0 Å². The maximum atomic E-state index is 2.48. The van der Waals surface area contributed by atoms with Crippen LogP contribution < -0.4 is 4.90 Å². The van der Waals surface area contributed by atoms with Crippen LogP contribution in [0.4, 0.5) is 17.1 Å². The van der Waals surface area contributed by atoms with Crippen LogP contribution in [0.1, 0.15) is 44.5 Å². The summed E-state index contributed by atoms with van der Waals surface area (Å²) in [6.45, 7) is 0. The molecule has 0 amide bonds. The number of fused-ring (bicyclic) bond motifs is 8. The highest BCUT2D eigenvalue weighted by Gasteiger charge is 2.57. The molecular weight excluding hydrogens is 917 g/mol. The van der Waals surface area contributed by atoms with E-state index in [1.165, 1.54) is 94.2 Å². The van der Waals surface area contributed by atoms with E-state index < -0.39 is 10.8 Å². The zero-order valence-corrected chi connectivity index (χ0v) is 41.8. The molecule has 2 aliphatic rings. The molecule has 2 heteroatoms. The molecule has 0 aliphatic heterocycles. The lowest BCUT2D eigenvalue weighted by Crippen LogP contribution is -2.44. The number of aromatic nitrogens is 1. The van der Waals surface area contributed by atoms with Crippen LogP contribution in [0.2, 0.25) is 0 Å². The number of anilines is 3. The Hall–Kier alpha value is -9.76. The monoisotopic (exact) mass is 966 g/mol. The van der Waals surface area contributed by atoms with E-state index in [-0.39, 0.29) is 0 Å². The van der Waals surface area contributed by atoms with Crippen molar-refractivity contribution in [1.82, 2.24) is 4.57 Å². The Bertz CT molecular complexity index is 4310. The van der Waals surface area contributed by atoms with Crippen LogP contribution in [0, 0.1) is 0 Å². The third kappa shape index (κ3) is 6.41. The van der Waals surface area contributed by atoms with Crippen LogP contribution in [-0.2, 0) is 10.8 Å². The lowest BCUT2D eigenvalue weighted by atomic mass is 9.51. The summed E-state index contributed by atoms with van der Waals surface area (Å²) in [6, 6.07) is 113. The van der Waals surface area contributed by atoms with Gasteiger partial charge in [0.2, 0.25) is 0 Å². The average Bonchev–Trinajstić information content (AvgIpc) is 4.09. The fourth-order valence-corrected chi connectivity index (χ4v) is 13.4. The number of nitrogens with zero attached hydrogens (tertiary/aromatic N) is 2. The molecular formula is C74H50N2. The van der Waals surface area contributed by atoms with Gasteiger partial charge in [-0.05, 0) is 132 Å². The number of hydrogen-bond donors (Lipinski definition) is 0. The van der Waals surface area contributed by atoms with E-state index in [0.29, 0.717) is 0 Å². The predicted octanol–water partition coefficient (Wildman–Crippen LogP) is 18.6. The van der Waals surface area contributed by atoms with Crippen LogP contribution in [0.25, 0.3) is 60.9 Å². The SMILES string of the molecule is c1ccc(-c2ccc(N(c3cccc(C4(c5ccccc5)c5ccccc5C5(c6ccccc6)c6ccccc6-c6cccc4c65)c3)c3ccc4c5ccccc5n(-c5ccc(-c6ccccc6)cc5)c4c3)cc2)cc1. The molecule has 1 aromatic heterocycles. The van der Waals surface area contributed by atoms with Crippen LogP contribution in [0.15, 0.2) is 303 Å². The van der Waals surface area contributed by atoms with Gasteiger partial charge in [-0.1, -0.05) is 249 Å². The number of benzene rings is 12. The second-order valence-corrected chi connectivity index (χ2v) is 20.3. The van der Waals surface area contributed by atoms with Crippen molar-refractivity contribution in [3.8, 4) is 39.1 Å². The maximum absolute atomic E-state index is 2.48. The Balaban J connectivity index is 0.981. The Labute approximate surface area is 443 Å². The van der Waals surface area contributed by atoms with Gasteiger partial charge in [-0.2, -0.15) is 0 Å². The maximum Gasteiger partial charge on any atom is 0.0720 e. The normalized spacial score (nSPS) is 16.0. The molecule has 0 radical (unpaired) electrons. The van der Waals surface area contributed by atoms with Gasteiger partial charge in [0.15, 0.2) is 0 Å². The first kappa shape index (κ1) is 43.8. The minimum atomic E-state index is -0.704. The molecule has 15 rings (SSSR count). The summed E-state index contributed by atoms with van der Waals surface area (Å²) in [5.74, 6) is 0. The molecule has 76 heavy (non-hydrogen) atoms. The summed E-state index contributed by atoms with van der Waals surface area (Å²) in [5.41, 5.74) is 23.1. The third-order valence-electron chi connectivity index (χ3n) is 16.5. The second kappa shape index (κ2) is 17.4. The van der Waals surface area contributed by atoms with Gasteiger partial charge in [0.25, 0.3) is 0 Å². The van der Waals surface area contributed by atoms with Crippen molar-refractivity contribution in [2.75, 3.05) is 4.90 Å². The van der Waals surface area contributed by atoms with Gasteiger partial charge >= 0.3 is 0 Å². The number of para-hydroxylation sites is 1. The molecule has 0 fully saturated rings. The van der Waals surface area contributed by atoms with Crippen molar-refractivity contribution < 1.29 is 0 Å². The van der Waals surface area contributed by atoms with Gasteiger partial charge in [-0.3, -0.25) is 0 Å². The van der Waals surface area contributed by atoms with Crippen molar-refractivity contribution in [1.29, 1.82) is 0 Å². The highest BCUT2D eigenvalue weighted by atomic mass is 15.1. The first-order valence-corrected chi connectivity index (χ1v) is 26.4. The smallest absolute Gasteiger partial charge is 0.0720 e. The molecule has 0 saturated carbocycles. The molecule has 0 bridgehead atoms. The predicted molar refractivity (Wildman–Crippen MR) is 316 cm³/mol. The summed E-state index contributed by atoms with van der Waals surface area (Å²) < 4.78 is 2.44. The first-order valence-electron chi connectivity index (χ1n) is 26.4. The van der Waals surface area contributed by atoms with Crippen molar-refractivity contribution in [3.63, 3.8) is 0 Å². The molecule has 13 aromatic rings. The molecule has 2 aliphatic carbocycles. The van der Waals surface area contributed by atoms with Crippen LogP contribution in [-0.4, -0.2) is 4.57 Å². The fraction of sp³-hybridized carbons (Fsp3) is 0.0270. The van der Waals surface area contributed by atoms with E-state index >= 15 is 0 Å². The summed E-state index contributed by atoms with van der Waals surface area (Å²) in [4.78, 5) is 2.46. The van der Waals surface area contributed by atoms with E-state index in [9.17, 15) is 0 Å². The molecule has 0 N–H and O–H groups in total. The number of hydrogen-bond acceptors (Lipinski definition) is 1. The Morgan fingerprint density at radius 3 is 1.41 bits per heavy atom. The lowest BCUT2D eigenvalue weighted by Gasteiger charge is -2.49. The largest absolute Gasteiger partial charge is 0.310 e. The Kier molecular flexibility index (Phi) is 10.0. The van der Waals surface area contributed by atoms with Crippen LogP contribution >= 0.6 is 0 Å². The van der Waals surface area contributed by atoms with Crippen LogP contribution in [0.5, 0.6) is 0 Å². The van der Waals surface area contributed by atoms with Gasteiger partial charge in [-0.25, -0.2) is 0 Å². The quantitative estimate of drug-likeness (QED) is 0.140. The minimum absolute atomic E-state index is 0.529. The van der Waals surface area contributed by atoms with Gasteiger partial charge < -0.3 is 9.47 Å². The van der Waals surface area contributed by atoms with Crippen molar-refractivity contribution >= 4 is 38.9 Å². The standard InChI is InChI=1S/C74H50N2/c1-5-21-51(22-6-1)53-39-43-58(44-40-53)75(61-47-48-64-63-32-14-18-38-70(63)76(71(64)50-61)59-45-41-54(42-46-59)52-23-7-2-8-24-52)60-30-19-29-57(49-60)73(55-25-9-3-10-26-55)67-35-16-17-36-68(67)74(56-27-11-4-12-28-56)66-34-15-13-31-62(66)65-33-20-37-69(73)72(65)74/h1-50H. The topological polar surface area (TPSA) is 8.17 Å². The van der Waals surface area contributed by atoms with E-state index in [2.05, 4.69) is 313 Å². The van der Waals surface area contributed by atoms with Gasteiger partial charge in [0.1, 0.15) is 0 Å². The fourth-order valence-electron chi connectivity index (χ4n) is 13.4. The molecule has 2 nitrogen and oxygen atoms in total. The van der Waals surface area contributed by atoms with Crippen molar-refractivity contribution in [3.05, 3.63) is 348 Å². The molecule has 1 heterocycles.